The molecule has 6 heteroatoms. The van der Waals surface area contributed by atoms with Gasteiger partial charge in [0.1, 0.15) is 0 Å². The molecule has 0 radical (unpaired) electrons. The predicted molar refractivity (Wildman–Crippen MR) is 110 cm³/mol. The summed E-state index contributed by atoms with van der Waals surface area (Å²) in [5, 5.41) is 1.15. The van der Waals surface area contributed by atoms with Crippen molar-refractivity contribution in [1.82, 2.24) is 14.8 Å². The van der Waals surface area contributed by atoms with Crippen LogP contribution in [0.1, 0.15) is 45.0 Å². The first-order valence-electron chi connectivity index (χ1n) is 9.76. The number of thiazole rings is 1. The highest BCUT2D eigenvalue weighted by molar-refractivity contribution is 7.18. The topological polar surface area (TPSA) is 53.5 Å². The Hall–Kier alpha value is -1.95. The molecule has 146 valence electrons. The van der Waals surface area contributed by atoms with Crippen LogP contribution in [0.4, 0.5) is 0 Å². The minimum Gasteiger partial charge on any atom is -0.339 e. The number of carbonyl (C=O) groups excluding carboxylic acids is 2. The quantitative estimate of drug-likeness (QED) is 0.735. The van der Waals surface area contributed by atoms with E-state index in [1.165, 1.54) is 4.70 Å². The third-order valence-electron chi connectivity index (χ3n) is 4.93. The van der Waals surface area contributed by atoms with Crippen molar-refractivity contribution in [3.8, 4) is 0 Å². The van der Waals surface area contributed by atoms with Gasteiger partial charge < -0.3 is 9.80 Å². The van der Waals surface area contributed by atoms with Gasteiger partial charge in [0.15, 0.2) is 0 Å². The largest absolute Gasteiger partial charge is 0.339 e. The molecule has 0 atom stereocenters. The fourth-order valence-electron chi connectivity index (χ4n) is 3.37. The minimum atomic E-state index is -0.354. The first kappa shape index (κ1) is 19.8. The molecule has 0 aliphatic carbocycles. The Bertz CT molecular complexity index is 768. The van der Waals surface area contributed by atoms with Crippen molar-refractivity contribution in [1.29, 1.82) is 0 Å². The zero-order valence-electron chi connectivity index (χ0n) is 16.5. The number of unbranched alkanes of at least 4 members (excludes halogenated alkanes) is 1. The summed E-state index contributed by atoms with van der Waals surface area (Å²) < 4.78 is 1.23. The molecule has 27 heavy (non-hydrogen) atoms. The number of aryl methyl sites for hydroxylation is 1. The maximum absolute atomic E-state index is 12.4. The number of aromatic nitrogens is 1. The Morgan fingerprint density at radius 3 is 2.37 bits per heavy atom. The number of fused-ring (bicyclic) bond motifs is 1. The zero-order valence-corrected chi connectivity index (χ0v) is 17.3. The van der Waals surface area contributed by atoms with Gasteiger partial charge in [-0.2, -0.15) is 0 Å². The van der Waals surface area contributed by atoms with Crippen molar-refractivity contribution in [3.05, 3.63) is 29.3 Å². The molecule has 5 nitrogen and oxygen atoms in total. The van der Waals surface area contributed by atoms with E-state index >= 15 is 0 Å². The number of carbonyl (C=O) groups is 2. The van der Waals surface area contributed by atoms with Crippen molar-refractivity contribution in [2.75, 3.05) is 26.2 Å². The van der Waals surface area contributed by atoms with Gasteiger partial charge in [0.05, 0.1) is 15.2 Å². The van der Waals surface area contributed by atoms with Crippen molar-refractivity contribution in [3.63, 3.8) is 0 Å². The van der Waals surface area contributed by atoms with Crippen molar-refractivity contribution in [2.24, 2.45) is 5.41 Å². The molecule has 1 saturated heterocycles. The third-order valence-corrected chi connectivity index (χ3v) is 6.03. The van der Waals surface area contributed by atoms with Gasteiger partial charge in [-0.15, -0.1) is 11.3 Å². The van der Waals surface area contributed by atoms with Gasteiger partial charge in [0.2, 0.25) is 11.8 Å². The molecular weight excluding hydrogens is 358 g/mol. The van der Waals surface area contributed by atoms with Gasteiger partial charge in [0, 0.05) is 38.0 Å². The summed E-state index contributed by atoms with van der Waals surface area (Å²) in [6.45, 7) is 8.42. The molecule has 2 aromatic rings. The van der Waals surface area contributed by atoms with Crippen LogP contribution < -0.4 is 0 Å². The van der Waals surface area contributed by atoms with E-state index in [0.717, 1.165) is 29.8 Å². The molecule has 0 bridgehead atoms. The average molecular weight is 388 g/mol. The highest BCUT2D eigenvalue weighted by Crippen LogP contribution is 2.23. The van der Waals surface area contributed by atoms with Gasteiger partial charge >= 0.3 is 0 Å². The number of piperazine rings is 1. The summed E-state index contributed by atoms with van der Waals surface area (Å²) in [6, 6.07) is 8.20. The molecule has 0 saturated carbocycles. The van der Waals surface area contributed by atoms with E-state index in [1.54, 1.807) is 11.3 Å². The van der Waals surface area contributed by atoms with Crippen LogP contribution in [0.25, 0.3) is 10.2 Å². The van der Waals surface area contributed by atoms with Crippen LogP contribution in [0.15, 0.2) is 24.3 Å². The molecule has 2 amide bonds. The summed E-state index contributed by atoms with van der Waals surface area (Å²) in [4.78, 5) is 33.2. The van der Waals surface area contributed by atoms with Crippen LogP contribution in [0, 0.1) is 5.41 Å². The second-order valence-electron chi connectivity index (χ2n) is 8.21. The summed E-state index contributed by atoms with van der Waals surface area (Å²) >= 11 is 1.75. The molecule has 1 aromatic heterocycles. The lowest BCUT2D eigenvalue weighted by molar-refractivity contribution is -0.145. The Labute approximate surface area is 165 Å². The normalized spacial score (nSPS) is 15.4. The molecule has 1 fully saturated rings. The lowest BCUT2D eigenvalue weighted by Crippen LogP contribution is -2.53. The van der Waals surface area contributed by atoms with Gasteiger partial charge in [-0.05, 0) is 31.4 Å². The molecule has 1 aromatic carbocycles. The van der Waals surface area contributed by atoms with E-state index in [0.29, 0.717) is 32.6 Å². The predicted octanol–water partition coefficient (Wildman–Crippen LogP) is 3.73. The van der Waals surface area contributed by atoms with E-state index < -0.39 is 0 Å². The minimum absolute atomic E-state index is 0.172. The number of benzene rings is 1. The van der Waals surface area contributed by atoms with Gasteiger partial charge in [-0.3, -0.25) is 9.59 Å². The highest BCUT2D eigenvalue weighted by Gasteiger charge is 2.30. The second-order valence-corrected chi connectivity index (χ2v) is 9.32. The average Bonchev–Trinajstić information content (AvgIpc) is 3.06. The van der Waals surface area contributed by atoms with Crippen LogP contribution in [0.3, 0.4) is 0 Å². The van der Waals surface area contributed by atoms with E-state index in [2.05, 4.69) is 11.1 Å². The zero-order chi connectivity index (χ0) is 19.4. The summed E-state index contributed by atoms with van der Waals surface area (Å²) in [6.07, 6.45) is 3.38. The molecule has 1 aliphatic heterocycles. The van der Waals surface area contributed by atoms with Crippen molar-refractivity contribution in [2.45, 2.75) is 46.5 Å². The molecule has 0 N–H and O–H groups in total. The fraction of sp³-hybridized carbons (Fsp3) is 0.571. The Morgan fingerprint density at radius 2 is 1.70 bits per heavy atom. The summed E-state index contributed by atoms with van der Waals surface area (Å²) in [5.74, 6) is 0.382. The van der Waals surface area contributed by atoms with Crippen LogP contribution in [-0.4, -0.2) is 52.8 Å². The number of amides is 2. The van der Waals surface area contributed by atoms with Crippen LogP contribution in [0.5, 0.6) is 0 Å². The second kappa shape index (κ2) is 8.38. The number of para-hydroxylation sites is 1. The van der Waals surface area contributed by atoms with Gasteiger partial charge in [-0.1, -0.05) is 32.9 Å². The fourth-order valence-corrected chi connectivity index (χ4v) is 4.38. The number of hydrogen-bond donors (Lipinski definition) is 0. The van der Waals surface area contributed by atoms with Crippen molar-refractivity contribution >= 4 is 33.4 Å². The van der Waals surface area contributed by atoms with Gasteiger partial charge in [0.25, 0.3) is 0 Å². The maximum Gasteiger partial charge on any atom is 0.228 e. The van der Waals surface area contributed by atoms with E-state index in [4.69, 9.17) is 0 Å². The highest BCUT2D eigenvalue weighted by atomic mass is 32.1. The van der Waals surface area contributed by atoms with E-state index in [1.807, 2.05) is 48.8 Å². The molecule has 2 heterocycles. The molecule has 3 rings (SSSR count). The SMILES string of the molecule is CC(C)(C)C(=O)N1CCN(C(=O)CCCCc2nc3ccccc3s2)CC1. The smallest absolute Gasteiger partial charge is 0.228 e. The molecule has 0 unspecified atom stereocenters. The summed E-state index contributed by atoms with van der Waals surface area (Å²) in [7, 11) is 0. The van der Waals surface area contributed by atoms with Gasteiger partial charge in [-0.25, -0.2) is 4.98 Å². The Morgan fingerprint density at radius 1 is 1.04 bits per heavy atom. The van der Waals surface area contributed by atoms with Crippen LogP contribution >= 0.6 is 11.3 Å². The standard InChI is InChI=1S/C21H29N3O2S/c1-21(2,3)20(26)24-14-12-23(13-15-24)19(25)11-7-6-10-18-22-16-8-4-5-9-17(16)27-18/h4-5,8-9H,6-7,10-15H2,1-3H3. The first-order valence-corrected chi connectivity index (χ1v) is 10.6. The Kier molecular flexibility index (Phi) is 6.15. The van der Waals surface area contributed by atoms with Crippen LogP contribution in [-0.2, 0) is 16.0 Å². The number of hydrogen-bond acceptors (Lipinski definition) is 4. The van der Waals surface area contributed by atoms with Crippen LogP contribution in [0.2, 0.25) is 0 Å². The lowest BCUT2D eigenvalue weighted by atomic mass is 9.94. The third kappa shape index (κ3) is 5.06. The van der Waals surface area contributed by atoms with E-state index in [9.17, 15) is 9.59 Å². The summed E-state index contributed by atoms with van der Waals surface area (Å²) in [5.41, 5.74) is 0.712. The first-order chi connectivity index (χ1) is 12.8. The number of rotatable bonds is 5. The number of nitrogens with zero attached hydrogens (tertiary/aromatic N) is 3. The lowest BCUT2D eigenvalue weighted by Gasteiger charge is -2.37. The van der Waals surface area contributed by atoms with E-state index in [-0.39, 0.29) is 17.2 Å². The Balaban J connectivity index is 1.38. The monoisotopic (exact) mass is 387 g/mol. The maximum atomic E-state index is 12.4. The molecule has 1 aliphatic rings. The molecule has 0 spiro atoms. The van der Waals surface area contributed by atoms with Crippen molar-refractivity contribution < 1.29 is 9.59 Å². The molecular formula is C21H29N3O2S.